The van der Waals surface area contributed by atoms with Crippen molar-refractivity contribution in [3.8, 4) is 0 Å². The normalized spacial score (nSPS) is 15.5. The third-order valence-electron chi connectivity index (χ3n) is 4.34. The molecule has 1 saturated carbocycles. The summed E-state index contributed by atoms with van der Waals surface area (Å²) >= 11 is 0. The Hall–Kier alpha value is -1.29. The Morgan fingerprint density at radius 2 is 2.00 bits per heavy atom. The van der Waals surface area contributed by atoms with Crippen LogP contribution in [-0.2, 0) is 11.3 Å². The molecule has 1 heterocycles. The standard InChI is InChI=1S/C17H28N2O2/c18-12-6-2-1-3-11-17(20)19(15-8-4-5-9-15)14-16-10-7-13-21-16/h7,10,13,15H,1-6,8-9,11-12,14,18H2. The first-order valence-electron chi connectivity index (χ1n) is 8.33. The first kappa shape index (κ1) is 16.1. The third kappa shape index (κ3) is 5.20. The highest BCUT2D eigenvalue weighted by Gasteiger charge is 2.26. The lowest BCUT2D eigenvalue weighted by Crippen LogP contribution is -2.38. The molecule has 0 unspecified atom stereocenters. The van der Waals surface area contributed by atoms with E-state index >= 15 is 0 Å². The molecule has 0 aromatic carbocycles. The molecule has 4 heteroatoms. The van der Waals surface area contributed by atoms with Crippen molar-refractivity contribution in [1.29, 1.82) is 0 Å². The second kappa shape index (κ2) is 8.88. The Morgan fingerprint density at radius 1 is 1.24 bits per heavy atom. The molecule has 1 amide bonds. The van der Waals surface area contributed by atoms with Gasteiger partial charge in [0.05, 0.1) is 12.8 Å². The maximum absolute atomic E-state index is 12.5. The number of furan rings is 1. The van der Waals surface area contributed by atoms with E-state index in [2.05, 4.69) is 4.90 Å². The number of nitrogens with zero attached hydrogens (tertiary/aromatic N) is 1. The quantitative estimate of drug-likeness (QED) is 0.709. The molecule has 0 atom stereocenters. The zero-order valence-electron chi connectivity index (χ0n) is 12.9. The second-order valence-corrected chi connectivity index (χ2v) is 5.99. The highest BCUT2D eigenvalue weighted by Crippen LogP contribution is 2.26. The first-order valence-corrected chi connectivity index (χ1v) is 8.33. The van der Waals surface area contributed by atoms with E-state index in [9.17, 15) is 4.79 Å². The predicted octanol–water partition coefficient (Wildman–Crippen LogP) is 3.46. The molecule has 1 aromatic heterocycles. The van der Waals surface area contributed by atoms with Crippen molar-refractivity contribution in [3.05, 3.63) is 24.2 Å². The van der Waals surface area contributed by atoms with Gasteiger partial charge in [-0.15, -0.1) is 0 Å². The topological polar surface area (TPSA) is 59.5 Å². The molecule has 1 aromatic rings. The summed E-state index contributed by atoms with van der Waals surface area (Å²) in [5.74, 6) is 1.17. The van der Waals surface area contributed by atoms with Crippen LogP contribution in [0.2, 0.25) is 0 Å². The van der Waals surface area contributed by atoms with E-state index in [0.29, 0.717) is 19.0 Å². The van der Waals surface area contributed by atoms with E-state index in [0.717, 1.165) is 50.8 Å². The van der Waals surface area contributed by atoms with Crippen LogP contribution in [0.3, 0.4) is 0 Å². The maximum atomic E-state index is 12.5. The molecule has 2 N–H and O–H groups in total. The van der Waals surface area contributed by atoms with E-state index < -0.39 is 0 Å². The minimum absolute atomic E-state index is 0.283. The van der Waals surface area contributed by atoms with Gasteiger partial charge in [0.25, 0.3) is 0 Å². The fourth-order valence-corrected chi connectivity index (χ4v) is 3.13. The van der Waals surface area contributed by atoms with Gasteiger partial charge >= 0.3 is 0 Å². The van der Waals surface area contributed by atoms with Crippen LogP contribution in [0.5, 0.6) is 0 Å². The lowest BCUT2D eigenvalue weighted by atomic mass is 10.1. The Morgan fingerprint density at radius 3 is 2.67 bits per heavy atom. The van der Waals surface area contributed by atoms with Crippen LogP contribution in [-0.4, -0.2) is 23.4 Å². The van der Waals surface area contributed by atoms with Gasteiger partial charge in [0, 0.05) is 12.5 Å². The summed E-state index contributed by atoms with van der Waals surface area (Å²) in [6, 6.07) is 4.25. The van der Waals surface area contributed by atoms with E-state index in [-0.39, 0.29) is 5.91 Å². The van der Waals surface area contributed by atoms with Crippen molar-refractivity contribution in [3.63, 3.8) is 0 Å². The Bertz CT molecular complexity index is 397. The molecule has 4 nitrogen and oxygen atoms in total. The van der Waals surface area contributed by atoms with Gasteiger partial charge in [-0.1, -0.05) is 25.7 Å². The van der Waals surface area contributed by atoms with Crippen LogP contribution >= 0.6 is 0 Å². The van der Waals surface area contributed by atoms with Crippen LogP contribution in [0.4, 0.5) is 0 Å². The SMILES string of the molecule is NCCCCCCC(=O)N(Cc1ccco1)C1CCCC1. The summed E-state index contributed by atoms with van der Waals surface area (Å²) in [6.07, 6.45) is 11.4. The van der Waals surface area contributed by atoms with Crippen molar-refractivity contribution < 1.29 is 9.21 Å². The maximum Gasteiger partial charge on any atom is 0.223 e. The largest absolute Gasteiger partial charge is 0.467 e. The van der Waals surface area contributed by atoms with Crippen LogP contribution in [0.1, 0.15) is 63.5 Å². The fraction of sp³-hybridized carbons (Fsp3) is 0.706. The molecule has 0 radical (unpaired) electrons. The highest BCUT2D eigenvalue weighted by atomic mass is 16.3. The molecule has 1 fully saturated rings. The summed E-state index contributed by atoms with van der Waals surface area (Å²) in [5, 5.41) is 0. The summed E-state index contributed by atoms with van der Waals surface area (Å²) in [6.45, 7) is 1.37. The number of unbranched alkanes of at least 4 members (excludes halogenated alkanes) is 3. The molecule has 118 valence electrons. The first-order chi connectivity index (χ1) is 10.3. The summed E-state index contributed by atoms with van der Waals surface area (Å²) < 4.78 is 5.42. The van der Waals surface area contributed by atoms with Gasteiger partial charge in [-0.2, -0.15) is 0 Å². The van der Waals surface area contributed by atoms with Crippen LogP contribution in [0.25, 0.3) is 0 Å². The third-order valence-corrected chi connectivity index (χ3v) is 4.34. The Balaban J connectivity index is 1.83. The second-order valence-electron chi connectivity index (χ2n) is 5.99. The summed E-state index contributed by atoms with van der Waals surface area (Å²) in [7, 11) is 0. The number of nitrogens with two attached hydrogens (primary N) is 1. The minimum Gasteiger partial charge on any atom is -0.467 e. The fourth-order valence-electron chi connectivity index (χ4n) is 3.13. The molecule has 0 aliphatic heterocycles. The number of carbonyl (C=O) groups excluding carboxylic acids is 1. The number of rotatable bonds is 9. The zero-order chi connectivity index (χ0) is 14.9. The van der Waals surface area contributed by atoms with Crippen LogP contribution < -0.4 is 5.73 Å². The van der Waals surface area contributed by atoms with Crippen molar-refractivity contribution in [2.24, 2.45) is 5.73 Å². The average molecular weight is 292 g/mol. The lowest BCUT2D eigenvalue weighted by Gasteiger charge is -2.28. The Labute approximate surface area is 127 Å². The van der Waals surface area contributed by atoms with Crippen molar-refractivity contribution >= 4 is 5.91 Å². The molecule has 2 rings (SSSR count). The number of amides is 1. The van der Waals surface area contributed by atoms with Crippen LogP contribution in [0, 0.1) is 0 Å². The predicted molar refractivity (Wildman–Crippen MR) is 83.7 cm³/mol. The molecular formula is C17H28N2O2. The van der Waals surface area contributed by atoms with Crippen LogP contribution in [0.15, 0.2) is 22.8 Å². The number of hydrogen-bond acceptors (Lipinski definition) is 3. The molecule has 1 aliphatic rings. The smallest absolute Gasteiger partial charge is 0.223 e. The van der Waals surface area contributed by atoms with E-state index in [1.807, 2.05) is 12.1 Å². The molecule has 21 heavy (non-hydrogen) atoms. The van der Waals surface area contributed by atoms with Crippen molar-refractivity contribution in [1.82, 2.24) is 4.90 Å². The van der Waals surface area contributed by atoms with Gasteiger partial charge in [-0.05, 0) is 44.4 Å². The Kier molecular flexibility index (Phi) is 6.80. The molecule has 0 saturated heterocycles. The zero-order valence-corrected chi connectivity index (χ0v) is 12.9. The van der Waals surface area contributed by atoms with Gasteiger partial charge in [-0.3, -0.25) is 4.79 Å². The minimum atomic E-state index is 0.283. The van der Waals surface area contributed by atoms with E-state index in [4.69, 9.17) is 10.2 Å². The van der Waals surface area contributed by atoms with Crippen molar-refractivity contribution in [2.45, 2.75) is 70.4 Å². The molecule has 1 aliphatic carbocycles. The van der Waals surface area contributed by atoms with E-state index in [1.165, 1.54) is 12.8 Å². The lowest BCUT2D eigenvalue weighted by molar-refractivity contribution is -0.134. The molecule has 0 spiro atoms. The monoisotopic (exact) mass is 292 g/mol. The highest BCUT2D eigenvalue weighted by molar-refractivity contribution is 5.76. The number of hydrogen-bond donors (Lipinski definition) is 1. The average Bonchev–Trinajstić information content (AvgIpc) is 3.17. The van der Waals surface area contributed by atoms with Gasteiger partial charge in [0.2, 0.25) is 5.91 Å². The van der Waals surface area contributed by atoms with E-state index in [1.54, 1.807) is 6.26 Å². The van der Waals surface area contributed by atoms with Gasteiger partial charge in [-0.25, -0.2) is 0 Å². The number of carbonyl (C=O) groups is 1. The summed E-state index contributed by atoms with van der Waals surface area (Å²) in [4.78, 5) is 14.6. The molecule has 0 bridgehead atoms. The van der Waals surface area contributed by atoms with Gasteiger partial charge < -0.3 is 15.1 Å². The van der Waals surface area contributed by atoms with Crippen molar-refractivity contribution in [2.75, 3.05) is 6.54 Å². The summed E-state index contributed by atoms with van der Waals surface area (Å²) in [5.41, 5.74) is 5.49. The van der Waals surface area contributed by atoms with Gasteiger partial charge in [0.15, 0.2) is 0 Å². The van der Waals surface area contributed by atoms with Gasteiger partial charge in [0.1, 0.15) is 5.76 Å². The molecular weight excluding hydrogens is 264 g/mol.